The maximum absolute atomic E-state index is 12.4. The van der Waals surface area contributed by atoms with Gasteiger partial charge in [0, 0.05) is 30.4 Å². The van der Waals surface area contributed by atoms with E-state index in [0.29, 0.717) is 10.6 Å². The first-order chi connectivity index (χ1) is 14.7. The zero-order valence-electron chi connectivity index (χ0n) is 16.9. The van der Waals surface area contributed by atoms with E-state index in [0.717, 1.165) is 11.4 Å². The smallest absolute Gasteiger partial charge is 0.271 e. The second kappa shape index (κ2) is 7.86. The van der Waals surface area contributed by atoms with Crippen LogP contribution in [-0.4, -0.2) is 25.9 Å². The lowest BCUT2D eigenvalue weighted by atomic mass is 10.2. The van der Waals surface area contributed by atoms with Crippen LogP contribution in [0.5, 0.6) is 0 Å². The number of nitrogens with zero attached hydrogens (tertiary/aromatic N) is 4. The lowest BCUT2D eigenvalue weighted by Gasteiger charge is -2.41. The number of carbonyl (C=O) groups is 2. The lowest BCUT2D eigenvalue weighted by molar-refractivity contribution is -0.384. The number of hydrazone groups is 1. The summed E-state index contributed by atoms with van der Waals surface area (Å²) in [6.45, 7) is 4.77. The van der Waals surface area contributed by atoms with Crippen LogP contribution in [0.4, 0.5) is 17.1 Å². The summed E-state index contributed by atoms with van der Waals surface area (Å²) >= 11 is 2.51. The van der Waals surface area contributed by atoms with Gasteiger partial charge in [0.15, 0.2) is 16.6 Å². The van der Waals surface area contributed by atoms with E-state index in [-0.39, 0.29) is 22.3 Å². The topological polar surface area (TPSA) is 96.1 Å². The quantitative estimate of drug-likeness (QED) is 0.472. The van der Waals surface area contributed by atoms with Crippen molar-refractivity contribution in [1.82, 2.24) is 0 Å². The van der Waals surface area contributed by atoms with Gasteiger partial charge in [0.05, 0.1) is 15.5 Å². The summed E-state index contributed by atoms with van der Waals surface area (Å²) in [5, 5.41) is 17.8. The third-order valence-corrected chi connectivity index (χ3v) is 7.88. The van der Waals surface area contributed by atoms with Crippen LogP contribution in [-0.2, 0) is 9.59 Å². The van der Waals surface area contributed by atoms with Gasteiger partial charge >= 0.3 is 0 Å². The maximum atomic E-state index is 12.4. The van der Waals surface area contributed by atoms with Crippen molar-refractivity contribution in [3.63, 3.8) is 0 Å². The van der Waals surface area contributed by atoms with E-state index in [1.807, 2.05) is 42.2 Å². The summed E-state index contributed by atoms with van der Waals surface area (Å²) in [5.74, 6) is -0.323. The van der Waals surface area contributed by atoms with E-state index in [1.165, 1.54) is 49.5 Å². The summed E-state index contributed by atoms with van der Waals surface area (Å²) in [6, 6.07) is 15.6. The minimum atomic E-state index is -1.05. The van der Waals surface area contributed by atoms with Crippen molar-refractivity contribution in [2.45, 2.75) is 25.1 Å². The van der Waals surface area contributed by atoms with Gasteiger partial charge in [-0.1, -0.05) is 36.0 Å². The van der Waals surface area contributed by atoms with Crippen molar-refractivity contribution < 1.29 is 14.5 Å². The summed E-state index contributed by atoms with van der Waals surface area (Å²) < 4.78 is -1.05. The Morgan fingerprint density at radius 2 is 1.68 bits per heavy atom. The molecular formula is C21H18N4O4S2. The van der Waals surface area contributed by atoms with Crippen LogP contribution < -0.4 is 9.91 Å². The van der Waals surface area contributed by atoms with Crippen LogP contribution >= 0.6 is 23.5 Å². The molecule has 2 heterocycles. The number of carbonyl (C=O) groups excluding carboxylic acids is 2. The molecule has 0 saturated heterocycles. The summed E-state index contributed by atoms with van der Waals surface area (Å²) in [7, 11) is 0. The predicted molar refractivity (Wildman–Crippen MR) is 124 cm³/mol. The number of hydrogen-bond acceptors (Lipinski definition) is 9. The molecule has 0 radical (unpaired) electrons. The second-order valence-corrected chi connectivity index (χ2v) is 9.54. The standard InChI is InChI=1S/C21H18N4O4S2/c1-13-19(14(2)26)30-21(23(13)16-8-5-4-6-9-16)24(22-20(31-21)15(3)27)17-10-7-11-18(12-17)25(28)29/h4-12H,1-3H3/t21-/m1/s1. The van der Waals surface area contributed by atoms with Crippen molar-refractivity contribution in [1.29, 1.82) is 0 Å². The summed E-state index contributed by atoms with van der Waals surface area (Å²) in [5.41, 5.74) is 1.90. The van der Waals surface area contributed by atoms with Crippen molar-refractivity contribution in [2.75, 3.05) is 9.91 Å². The van der Waals surface area contributed by atoms with Crippen LogP contribution in [0.3, 0.4) is 0 Å². The number of hydrogen-bond donors (Lipinski definition) is 0. The fraction of sp³-hybridized carbons (Fsp3) is 0.190. The molecule has 1 atom stereocenters. The number of thioether (sulfide) groups is 2. The van der Waals surface area contributed by atoms with Gasteiger partial charge in [-0.15, -0.1) is 0 Å². The van der Waals surface area contributed by atoms with E-state index in [1.54, 1.807) is 17.1 Å². The van der Waals surface area contributed by atoms with Crippen molar-refractivity contribution in [3.05, 3.63) is 75.3 Å². The van der Waals surface area contributed by atoms with Gasteiger partial charge in [-0.05, 0) is 43.8 Å². The highest BCUT2D eigenvalue weighted by atomic mass is 32.2. The van der Waals surface area contributed by atoms with Crippen LogP contribution in [0.2, 0.25) is 0 Å². The maximum Gasteiger partial charge on any atom is 0.271 e. The highest BCUT2D eigenvalue weighted by molar-refractivity contribution is 8.29. The highest BCUT2D eigenvalue weighted by Crippen LogP contribution is 2.60. The summed E-state index contributed by atoms with van der Waals surface area (Å²) in [4.78, 5) is 38.1. The highest BCUT2D eigenvalue weighted by Gasteiger charge is 2.57. The molecule has 0 aromatic heterocycles. The van der Waals surface area contributed by atoms with Gasteiger partial charge in [-0.25, -0.2) is 5.01 Å². The average molecular weight is 455 g/mol. The Labute approximate surface area is 187 Å². The normalized spacial score (nSPS) is 20.4. The predicted octanol–water partition coefficient (Wildman–Crippen LogP) is 4.74. The fourth-order valence-corrected chi connectivity index (χ4v) is 6.43. The van der Waals surface area contributed by atoms with Gasteiger partial charge in [0.1, 0.15) is 0 Å². The van der Waals surface area contributed by atoms with Gasteiger partial charge in [-0.3, -0.25) is 19.7 Å². The first-order valence-corrected chi connectivity index (χ1v) is 11.0. The molecule has 10 heteroatoms. The number of ketones is 2. The molecule has 0 aliphatic carbocycles. The Bertz CT molecular complexity index is 1160. The van der Waals surface area contributed by atoms with Crippen molar-refractivity contribution in [2.24, 2.45) is 5.10 Å². The molecule has 0 fully saturated rings. The minimum Gasteiger partial charge on any atom is -0.301 e. The average Bonchev–Trinajstić information content (AvgIpc) is 3.27. The van der Waals surface area contributed by atoms with E-state index < -0.39 is 9.25 Å². The van der Waals surface area contributed by atoms with E-state index >= 15 is 0 Å². The van der Waals surface area contributed by atoms with Gasteiger partial charge in [0.25, 0.3) is 5.69 Å². The number of nitro benzene ring substituents is 1. The SMILES string of the molecule is CC(=O)C1=NN(c2cccc([N+](=O)[O-])c2)[C@@]2(S1)SC(C(C)=O)=C(C)N2c1ccccc1. The number of Topliss-reactive ketones (excluding diaryl/α,β-unsaturated/α-hetero) is 2. The van der Waals surface area contributed by atoms with Crippen LogP contribution in [0.1, 0.15) is 20.8 Å². The van der Waals surface area contributed by atoms with Gasteiger partial charge in [-0.2, -0.15) is 5.10 Å². The molecule has 31 heavy (non-hydrogen) atoms. The Morgan fingerprint density at radius 1 is 1.00 bits per heavy atom. The molecule has 2 aromatic rings. The van der Waals surface area contributed by atoms with E-state index in [2.05, 4.69) is 5.10 Å². The van der Waals surface area contributed by atoms with Crippen LogP contribution in [0.25, 0.3) is 0 Å². The third-order valence-electron chi connectivity index (χ3n) is 4.79. The third kappa shape index (κ3) is 3.51. The first-order valence-electron chi connectivity index (χ1n) is 9.34. The Hall–Kier alpha value is -3.11. The van der Waals surface area contributed by atoms with Crippen molar-refractivity contribution >= 4 is 57.2 Å². The number of benzene rings is 2. The zero-order valence-corrected chi connectivity index (χ0v) is 18.6. The molecule has 2 aliphatic heterocycles. The molecule has 2 aliphatic rings. The van der Waals surface area contributed by atoms with Crippen LogP contribution in [0.15, 0.2) is 70.3 Å². The zero-order chi connectivity index (χ0) is 22.3. The fourth-order valence-electron chi connectivity index (χ4n) is 3.48. The molecular weight excluding hydrogens is 436 g/mol. The molecule has 0 bridgehead atoms. The van der Waals surface area contributed by atoms with Crippen LogP contribution in [0, 0.1) is 10.1 Å². The summed E-state index contributed by atoms with van der Waals surface area (Å²) in [6.07, 6.45) is 0. The monoisotopic (exact) mass is 454 g/mol. The van der Waals surface area contributed by atoms with E-state index in [4.69, 9.17) is 0 Å². The Kier molecular flexibility index (Phi) is 5.36. The van der Waals surface area contributed by atoms with Gasteiger partial charge in [0.2, 0.25) is 4.33 Å². The number of allylic oxidation sites excluding steroid dienone is 2. The minimum absolute atomic E-state index is 0.0881. The molecule has 0 N–H and O–H groups in total. The molecule has 158 valence electrons. The first kappa shape index (κ1) is 21.1. The number of para-hydroxylation sites is 1. The molecule has 0 amide bonds. The second-order valence-electron chi connectivity index (χ2n) is 6.94. The van der Waals surface area contributed by atoms with Gasteiger partial charge < -0.3 is 4.90 Å². The molecule has 1 spiro atoms. The molecule has 0 unspecified atom stereocenters. The number of anilines is 2. The lowest BCUT2D eigenvalue weighted by Crippen LogP contribution is -2.49. The largest absolute Gasteiger partial charge is 0.301 e. The van der Waals surface area contributed by atoms with Crippen molar-refractivity contribution in [3.8, 4) is 0 Å². The Balaban J connectivity index is 1.93. The molecule has 0 saturated carbocycles. The Morgan fingerprint density at radius 3 is 2.29 bits per heavy atom. The molecule has 8 nitrogen and oxygen atoms in total. The molecule has 2 aromatic carbocycles. The number of non-ortho nitro benzene ring substituents is 1. The number of nitro groups is 1. The van der Waals surface area contributed by atoms with E-state index in [9.17, 15) is 19.7 Å². The number of rotatable bonds is 5. The molecule has 4 rings (SSSR count).